The molecule has 0 saturated carbocycles. The summed E-state index contributed by atoms with van der Waals surface area (Å²) in [6, 6.07) is 18.5. The monoisotopic (exact) mass is 467 g/mol. The van der Waals surface area contributed by atoms with E-state index in [2.05, 4.69) is 59.9 Å². The van der Waals surface area contributed by atoms with Crippen LogP contribution in [-0.2, 0) is 6.54 Å². The molecule has 2 fully saturated rings. The Hall–Kier alpha value is -3.60. The minimum absolute atomic E-state index is 0.446. The third-order valence-electron chi connectivity index (χ3n) is 7.59. The van der Waals surface area contributed by atoms with Crippen LogP contribution >= 0.6 is 11.6 Å². The molecule has 2 saturated heterocycles. The number of benzene rings is 2. The molecule has 1 spiro atoms. The third kappa shape index (κ3) is 2.86. The van der Waals surface area contributed by atoms with Crippen LogP contribution in [0, 0.1) is 16.7 Å². The SMILES string of the molecule is N#Cc1ccc(-c2cc3n(c2Cl)Cc2cc(N4CCC5(CNC5)C4)ccc2-n2cnnc2-3)cc1. The molecule has 0 unspecified atom stereocenters. The second-order valence-electron chi connectivity index (χ2n) is 9.62. The number of rotatable bonds is 2. The number of halogens is 1. The maximum Gasteiger partial charge on any atom is 0.185 e. The first-order valence-corrected chi connectivity index (χ1v) is 11.9. The maximum absolute atomic E-state index is 9.14. The summed E-state index contributed by atoms with van der Waals surface area (Å²) in [5.74, 6) is 0.772. The van der Waals surface area contributed by atoms with E-state index in [1.807, 2.05) is 24.3 Å². The van der Waals surface area contributed by atoms with Crippen LogP contribution < -0.4 is 10.2 Å². The highest BCUT2D eigenvalue weighted by Gasteiger charge is 2.43. The zero-order chi connectivity index (χ0) is 22.9. The number of aromatic nitrogens is 4. The van der Waals surface area contributed by atoms with Crippen LogP contribution in [0.1, 0.15) is 17.5 Å². The van der Waals surface area contributed by atoms with Gasteiger partial charge in [-0.15, -0.1) is 10.2 Å². The molecule has 1 N–H and O–H groups in total. The van der Waals surface area contributed by atoms with Crippen molar-refractivity contribution in [1.29, 1.82) is 5.26 Å². The van der Waals surface area contributed by atoms with E-state index < -0.39 is 0 Å². The summed E-state index contributed by atoms with van der Waals surface area (Å²) in [5, 5.41) is 21.9. The van der Waals surface area contributed by atoms with Crippen LogP contribution in [0.4, 0.5) is 5.69 Å². The third-order valence-corrected chi connectivity index (χ3v) is 8.00. The molecule has 2 aromatic heterocycles. The van der Waals surface area contributed by atoms with Gasteiger partial charge in [-0.1, -0.05) is 23.7 Å². The summed E-state index contributed by atoms with van der Waals surface area (Å²) < 4.78 is 4.17. The van der Waals surface area contributed by atoms with E-state index in [4.69, 9.17) is 16.9 Å². The molecular weight excluding hydrogens is 446 g/mol. The van der Waals surface area contributed by atoms with Crippen molar-refractivity contribution in [2.75, 3.05) is 31.1 Å². The lowest BCUT2D eigenvalue weighted by atomic mass is 9.81. The topological polar surface area (TPSA) is 74.7 Å². The second kappa shape index (κ2) is 7.20. The van der Waals surface area contributed by atoms with Gasteiger partial charge in [-0.25, -0.2) is 0 Å². The molecular formula is C26H22ClN7. The number of hydrogen-bond donors (Lipinski definition) is 1. The Kier molecular flexibility index (Phi) is 4.20. The van der Waals surface area contributed by atoms with E-state index in [-0.39, 0.29) is 0 Å². The molecule has 0 radical (unpaired) electrons. The molecule has 7 rings (SSSR count). The fourth-order valence-electron chi connectivity index (χ4n) is 5.60. The van der Waals surface area contributed by atoms with E-state index in [1.165, 1.54) is 17.7 Å². The first kappa shape index (κ1) is 19.8. The number of hydrogen-bond acceptors (Lipinski definition) is 5. The average Bonchev–Trinajstić information content (AvgIpc) is 3.56. The van der Waals surface area contributed by atoms with Gasteiger partial charge in [-0.2, -0.15) is 5.26 Å². The van der Waals surface area contributed by atoms with Crippen molar-refractivity contribution in [3.63, 3.8) is 0 Å². The summed E-state index contributed by atoms with van der Waals surface area (Å²) >= 11 is 6.98. The molecule has 0 aliphatic carbocycles. The van der Waals surface area contributed by atoms with Gasteiger partial charge in [-0.05, 0) is 53.9 Å². The second-order valence-corrected chi connectivity index (χ2v) is 9.98. The fraction of sp³-hybridized carbons (Fsp3) is 0.269. The van der Waals surface area contributed by atoms with Crippen molar-refractivity contribution in [3.8, 4) is 34.4 Å². The lowest BCUT2D eigenvalue weighted by Gasteiger charge is -2.39. The van der Waals surface area contributed by atoms with Gasteiger partial charge in [0.15, 0.2) is 5.82 Å². The number of anilines is 1. The Bertz CT molecular complexity index is 1470. The van der Waals surface area contributed by atoms with Crippen LogP contribution in [0.25, 0.3) is 28.3 Å². The van der Waals surface area contributed by atoms with Gasteiger partial charge in [0.2, 0.25) is 0 Å². The van der Waals surface area contributed by atoms with Gasteiger partial charge in [0.1, 0.15) is 11.5 Å². The predicted molar refractivity (Wildman–Crippen MR) is 131 cm³/mol. The minimum Gasteiger partial charge on any atom is -0.371 e. The summed E-state index contributed by atoms with van der Waals surface area (Å²) in [5.41, 5.74) is 7.44. The number of fused-ring (bicyclic) bond motifs is 5. The molecule has 3 aliphatic heterocycles. The van der Waals surface area contributed by atoms with Gasteiger partial charge in [0.05, 0.1) is 29.6 Å². The Morgan fingerprint density at radius 3 is 2.68 bits per heavy atom. The maximum atomic E-state index is 9.14. The Labute approximate surface area is 202 Å². The van der Waals surface area contributed by atoms with Crippen LogP contribution in [0.2, 0.25) is 5.15 Å². The molecule has 34 heavy (non-hydrogen) atoms. The number of nitriles is 1. The predicted octanol–water partition coefficient (Wildman–Crippen LogP) is 4.09. The zero-order valence-corrected chi connectivity index (χ0v) is 19.3. The zero-order valence-electron chi connectivity index (χ0n) is 18.5. The van der Waals surface area contributed by atoms with E-state index in [1.54, 1.807) is 6.33 Å². The Morgan fingerprint density at radius 2 is 1.94 bits per heavy atom. The molecule has 2 aromatic carbocycles. The standard InChI is InChI=1S/C26H22ClN7/c27-24-21(18-3-1-17(11-28)2-4-18)10-23-25-31-30-16-34(25)22-6-5-20(9-19(22)12-33(23)24)32-8-7-26(15-32)13-29-14-26/h1-6,9-10,16,29H,7-8,12-15H2. The number of nitrogens with zero attached hydrogens (tertiary/aromatic N) is 6. The van der Waals surface area contributed by atoms with Crippen LogP contribution in [0.15, 0.2) is 54.9 Å². The summed E-state index contributed by atoms with van der Waals surface area (Å²) in [7, 11) is 0. The average molecular weight is 468 g/mol. The highest BCUT2D eigenvalue weighted by atomic mass is 35.5. The van der Waals surface area contributed by atoms with Crippen molar-refractivity contribution in [3.05, 3.63) is 71.1 Å². The van der Waals surface area contributed by atoms with E-state index in [0.717, 1.165) is 54.5 Å². The first-order valence-electron chi connectivity index (χ1n) is 11.5. The highest BCUT2D eigenvalue weighted by Crippen LogP contribution is 2.41. The molecule has 0 bridgehead atoms. The molecule has 5 heterocycles. The lowest BCUT2D eigenvalue weighted by molar-refractivity contribution is 0.200. The number of nitrogens with one attached hydrogen (secondary N) is 1. The van der Waals surface area contributed by atoms with E-state index in [0.29, 0.717) is 22.7 Å². The van der Waals surface area contributed by atoms with Crippen LogP contribution in [0.5, 0.6) is 0 Å². The largest absolute Gasteiger partial charge is 0.371 e. The fourth-order valence-corrected chi connectivity index (χ4v) is 5.92. The molecule has 7 nitrogen and oxygen atoms in total. The van der Waals surface area contributed by atoms with Crippen molar-refractivity contribution in [2.45, 2.75) is 13.0 Å². The normalized spacial score (nSPS) is 17.5. The Balaban J connectivity index is 1.32. The molecule has 168 valence electrons. The molecule has 0 atom stereocenters. The van der Waals surface area contributed by atoms with Gasteiger partial charge in [0, 0.05) is 42.8 Å². The van der Waals surface area contributed by atoms with Gasteiger partial charge < -0.3 is 14.8 Å². The Morgan fingerprint density at radius 1 is 1.09 bits per heavy atom. The molecule has 3 aliphatic rings. The van der Waals surface area contributed by atoms with Crippen molar-refractivity contribution in [1.82, 2.24) is 24.6 Å². The van der Waals surface area contributed by atoms with Crippen molar-refractivity contribution >= 4 is 17.3 Å². The highest BCUT2D eigenvalue weighted by molar-refractivity contribution is 6.32. The summed E-state index contributed by atoms with van der Waals surface area (Å²) in [4.78, 5) is 2.51. The van der Waals surface area contributed by atoms with Gasteiger partial charge in [-0.3, -0.25) is 4.57 Å². The lowest BCUT2D eigenvalue weighted by Crippen LogP contribution is -2.54. The molecule has 0 amide bonds. The van der Waals surface area contributed by atoms with E-state index in [9.17, 15) is 0 Å². The van der Waals surface area contributed by atoms with Crippen LogP contribution in [-0.4, -0.2) is 45.5 Å². The van der Waals surface area contributed by atoms with Gasteiger partial charge >= 0.3 is 0 Å². The quantitative estimate of drug-likeness (QED) is 0.423. The molecule has 8 heteroatoms. The first-order chi connectivity index (χ1) is 16.6. The van der Waals surface area contributed by atoms with E-state index >= 15 is 0 Å². The van der Waals surface area contributed by atoms with Gasteiger partial charge in [0.25, 0.3) is 0 Å². The van der Waals surface area contributed by atoms with Crippen molar-refractivity contribution < 1.29 is 0 Å². The molecule has 4 aromatic rings. The smallest absolute Gasteiger partial charge is 0.185 e. The summed E-state index contributed by atoms with van der Waals surface area (Å²) in [6.45, 7) is 5.10. The van der Waals surface area contributed by atoms with Crippen molar-refractivity contribution in [2.24, 2.45) is 5.41 Å². The van der Waals surface area contributed by atoms with Crippen LogP contribution in [0.3, 0.4) is 0 Å². The summed E-state index contributed by atoms with van der Waals surface area (Å²) in [6.07, 6.45) is 3.02. The minimum atomic E-state index is 0.446.